The summed E-state index contributed by atoms with van der Waals surface area (Å²) in [5, 5.41) is 3.63. The number of nitrogens with zero attached hydrogens (tertiary/aromatic N) is 1. The molecule has 170 valence electrons. The van der Waals surface area contributed by atoms with Crippen LogP contribution in [0.2, 0.25) is 10.0 Å². The maximum atomic E-state index is 12.3. The van der Waals surface area contributed by atoms with Crippen molar-refractivity contribution in [2.75, 3.05) is 16.3 Å². The van der Waals surface area contributed by atoms with Crippen molar-refractivity contribution < 1.29 is 13.2 Å². The average Bonchev–Trinajstić information content (AvgIpc) is 2.72. The molecule has 3 aromatic rings. The van der Waals surface area contributed by atoms with Crippen molar-refractivity contribution in [3.63, 3.8) is 0 Å². The minimum Gasteiger partial charge on any atom is -0.383 e. The number of carbonyl (C=O) groups is 1. The molecule has 3 aromatic carbocycles. The summed E-state index contributed by atoms with van der Waals surface area (Å²) in [5.41, 5.74) is 8.68. The number of halogens is 2. The lowest BCUT2D eigenvalue weighted by molar-refractivity contribution is -0.111. The van der Waals surface area contributed by atoms with E-state index in [0.717, 1.165) is 11.8 Å². The molecule has 0 unspecified atom stereocenters. The number of nitrogens with one attached hydrogen (secondary N) is 2. The van der Waals surface area contributed by atoms with E-state index in [1.54, 1.807) is 66.7 Å². The van der Waals surface area contributed by atoms with Gasteiger partial charge in [-0.25, -0.2) is 13.4 Å². The standard InChI is InChI=1S/C23H20Cl2N4O3S/c1-33(31,32)29-18-9-6-16(7-10-18)23(26)28-20-13-17(24)12-19(14-20)27-22(30)11-8-15-4-2-3-5-21(15)25/h2-14,29H,1H3,(H2,26,28)(H,27,30)/b11-8+. The van der Waals surface area contributed by atoms with Gasteiger partial charge >= 0.3 is 0 Å². The van der Waals surface area contributed by atoms with E-state index in [2.05, 4.69) is 15.0 Å². The number of nitrogens with two attached hydrogens (primary N) is 1. The Labute approximate surface area is 202 Å². The van der Waals surface area contributed by atoms with Crippen LogP contribution in [0.1, 0.15) is 11.1 Å². The van der Waals surface area contributed by atoms with Gasteiger partial charge in [0.1, 0.15) is 5.84 Å². The van der Waals surface area contributed by atoms with Gasteiger partial charge in [-0.15, -0.1) is 0 Å². The Hall–Kier alpha value is -3.33. The van der Waals surface area contributed by atoms with E-state index in [9.17, 15) is 13.2 Å². The number of aliphatic imine (C=N–C) groups is 1. The third-order valence-corrected chi connectivity index (χ3v) is 5.37. The predicted molar refractivity (Wildman–Crippen MR) is 136 cm³/mol. The fourth-order valence-corrected chi connectivity index (χ4v) is 3.79. The quantitative estimate of drug-likeness (QED) is 0.238. The van der Waals surface area contributed by atoms with Gasteiger partial charge < -0.3 is 11.1 Å². The number of carbonyl (C=O) groups excluding carboxylic acids is 1. The fourth-order valence-electron chi connectivity index (χ4n) is 2.80. The van der Waals surface area contributed by atoms with E-state index in [1.807, 2.05) is 6.07 Å². The van der Waals surface area contributed by atoms with Gasteiger partial charge in [-0.3, -0.25) is 9.52 Å². The lowest BCUT2D eigenvalue weighted by atomic mass is 10.2. The summed E-state index contributed by atoms with van der Waals surface area (Å²) in [6.45, 7) is 0. The first-order valence-corrected chi connectivity index (χ1v) is 12.2. The Morgan fingerprint density at radius 2 is 1.70 bits per heavy atom. The number of anilines is 2. The lowest BCUT2D eigenvalue weighted by Crippen LogP contribution is -2.13. The maximum Gasteiger partial charge on any atom is 0.248 e. The zero-order valence-corrected chi connectivity index (χ0v) is 19.7. The number of hydrogen-bond acceptors (Lipinski definition) is 4. The van der Waals surface area contributed by atoms with Crippen LogP contribution in [-0.4, -0.2) is 26.4 Å². The molecule has 0 saturated heterocycles. The van der Waals surface area contributed by atoms with Crippen LogP contribution < -0.4 is 15.8 Å². The van der Waals surface area contributed by atoms with Crippen molar-refractivity contribution in [2.24, 2.45) is 10.7 Å². The Morgan fingerprint density at radius 3 is 2.36 bits per heavy atom. The summed E-state index contributed by atoms with van der Waals surface area (Å²) >= 11 is 12.3. The van der Waals surface area contributed by atoms with Gasteiger partial charge in [-0.05, 0) is 60.2 Å². The van der Waals surface area contributed by atoms with Gasteiger partial charge in [0, 0.05) is 33.1 Å². The number of sulfonamides is 1. The van der Waals surface area contributed by atoms with Gasteiger partial charge in [-0.1, -0.05) is 41.4 Å². The molecule has 1 amide bonds. The molecule has 0 aliphatic rings. The number of rotatable bonds is 7. The first kappa shape index (κ1) is 24.3. The minimum absolute atomic E-state index is 0.194. The Balaban J connectivity index is 1.74. The third-order valence-electron chi connectivity index (χ3n) is 4.20. The van der Waals surface area contributed by atoms with Crippen LogP contribution in [0.5, 0.6) is 0 Å². The molecule has 33 heavy (non-hydrogen) atoms. The van der Waals surface area contributed by atoms with Crippen LogP contribution in [0.15, 0.2) is 77.8 Å². The highest BCUT2D eigenvalue weighted by molar-refractivity contribution is 7.92. The zero-order valence-electron chi connectivity index (χ0n) is 17.4. The molecular weight excluding hydrogens is 483 g/mol. The van der Waals surface area contributed by atoms with Crippen molar-refractivity contribution in [1.29, 1.82) is 0 Å². The van der Waals surface area contributed by atoms with E-state index in [-0.39, 0.29) is 11.7 Å². The van der Waals surface area contributed by atoms with Crippen molar-refractivity contribution in [3.8, 4) is 0 Å². The fraction of sp³-hybridized carbons (Fsp3) is 0.0435. The van der Waals surface area contributed by atoms with Crippen LogP contribution in [0, 0.1) is 0 Å². The summed E-state index contributed by atoms with van der Waals surface area (Å²) < 4.78 is 25.0. The smallest absolute Gasteiger partial charge is 0.248 e. The molecule has 0 radical (unpaired) electrons. The first-order valence-electron chi connectivity index (χ1n) is 9.56. The van der Waals surface area contributed by atoms with Gasteiger partial charge in [0.15, 0.2) is 0 Å². The maximum absolute atomic E-state index is 12.3. The van der Waals surface area contributed by atoms with E-state index >= 15 is 0 Å². The molecule has 0 heterocycles. The van der Waals surface area contributed by atoms with Gasteiger partial charge in [-0.2, -0.15) is 0 Å². The highest BCUT2D eigenvalue weighted by Gasteiger charge is 2.06. The van der Waals surface area contributed by atoms with Gasteiger partial charge in [0.25, 0.3) is 0 Å². The number of amides is 1. The first-order chi connectivity index (χ1) is 15.6. The van der Waals surface area contributed by atoms with Crippen LogP contribution in [0.25, 0.3) is 6.08 Å². The predicted octanol–water partition coefficient (Wildman–Crippen LogP) is 5.05. The van der Waals surface area contributed by atoms with Crippen LogP contribution in [-0.2, 0) is 14.8 Å². The topological polar surface area (TPSA) is 114 Å². The summed E-state index contributed by atoms with van der Waals surface area (Å²) in [5.74, 6) is -0.173. The van der Waals surface area contributed by atoms with Gasteiger partial charge in [0.05, 0.1) is 11.9 Å². The highest BCUT2D eigenvalue weighted by Crippen LogP contribution is 2.25. The molecule has 0 bridgehead atoms. The molecular formula is C23H20Cl2N4O3S. The average molecular weight is 503 g/mol. The molecule has 0 atom stereocenters. The second-order valence-electron chi connectivity index (χ2n) is 6.99. The number of benzene rings is 3. The highest BCUT2D eigenvalue weighted by atomic mass is 35.5. The molecule has 4 N–H and O–H groups in total. The zero-order chi connectivity index (χ0) is 24.0. The van der Waals surface area contributed by atoms with E-state index in [0.29, 0.717) is 32.7 Å². The number of amidine groups is 1. The van der Waals surface area contributed by atoms with E-state index in [4.69, 9.17) is 28.9 Å². The Bertz CT molecular complexity index is 1340. The molecule has 0 aromatic heterocycles. The van der Waals surface area contributed by atoms with E-state index < -0.39 is 10.0 Å². The molecule has 3 rings (SSSR count). The van der Waals surface area contributed by atoms with Gasteiger partial charge in [0.2, 0.25) is 15.9 Å². The molecule has 0 fully saturated rings. The largest absolute Gasteiger partial charge is 0.383 e. The molecule has 7 nitrogen and oxygen atoms in total. The summed E-state index contributed by atoms with van der Waals surface area (Å²) in [6.07, 6.45) is 4.05. The van der Waals surface area contributed by atoms with Crippen molar-refractivity contribution in [1.82, 2.24) is 0 Å². The molecule has 10 heteroatoms. The van der Waals surface area contributed by atoms with Crippen LogP contribution in [0.3, 0.4) is 0 Å². The second-order valence-corrected chi connectivity index (χ2v) is 9.58. The summed E-state index contributed by atoms with van der Waals surface area (Å²) in [7, 11) is -3.37. The molecule has 0 spiro atoms. The molecule has 0 saturated carbocycles. The van der Waals surface area contributed by atoms with Crippen LogP contribution >= 0.6 is 23.2 Å². The minimum atomic E-state index is -3.37. The van der Waals surface area contributed by atoms with E-state index in [1.165, 1.54) is 6.08 Å². The van der Waals surface area contributed by atoms with Crippen molar-refractivity contribution >= 4 is 68.1 Å². The van der Waals surface area contributed by atoms with Crippen LogP contribution in [0.4, 0.5) is 17.1 Å². The third kappa shape index (κ3) is 7.64. The molecule has 0 aliphatic carbocycles. The Kier molecular flexibility index (Phi) is 7.75. The normalized spacial score (nSPS) is 12.0. The van der Waals surface area contributed by atoms with Crippen molar-refractivity contribution in [3.05, 3.63) is 94.0 Å². The summed E-state index contributed by atoms with van der Waals surface area (Å²) in [6, 6.07) is 18.4. The lowest BCUT2D eigenvalue weighted by Gasteiger charge is -2.07. The second kappa shape index (κ2) is 10.5. The molecule has 0 aliphatic heterocycles. The summed E-state index contributed by atoms with van der Waals surface area (Å²) in [4.78, 5) is 16.7. The Morgan fingerprint density at radius 1 is 1.00 bits per heavy atom. The number of hydrogen-bond donors (Lipinski definition) is 3. The monoisotopic (exact) mass is 502 g/mol. The van der Waals surface area contributed by atoms with Crippen molar-refractivity contribution in [2.45, 2.75) is 0 Å². The SMILES string of the molecule is CS(=O)(=O)Nc1ccc(C(N)=Nc2cc(Cl)cc(NC(=O)/C=C/c3ccccc3Cl)c2)cc1.